The molecule has 1 aromatic carbocycles. The molecule has 0 spiro atoms. The van der Waals surface area contributed by atoms with E-state index in [0.717, 1.165) is 16.1 Å². The highest BCUT2D eigenvalue weighted by molar-refractivity contribution is 6.35. The van der Waals surface area contributed by atoms with Crippen LogP contribution in [0.4, 0.5) is 0 Å². The first-order chi connectivity index (χ1) is 11.4. The summed E-state index contributed by atoms with van der Waals surface area (Å²) in [6.45, 7) is 4.45. The van der Waals surface area contributed by atoms with Crippen LogP contribution in [0.25, 0.3) is 0 Å². The van der Waals surface area contributed by atoms with Gasteiger partial charge in [-0.15, -0.1) is 0 Å². The molecule has 0 aliphatic carbocycles. The number of rotatable bonds is 13. The van der Waals surface area contributed by atoms with E-state index in [1.807, 2.05) is 12.1 Å². The predicted octanol–water partition coefficient (Wildman–Crippen LogP) is 4.49. The molecule has 0 atom stereocenters. The lowest BCUT2D eigenvalue weighted by Crippen LogP contribution is -3.00. The lowest BCUT2D eigenvalue weighted by atomic mass is 10.1. The van der Waals surface area contributed by atoms with Crippen molar-refractivity contribution in [3.63, 3.8) is 0 Å². The zero-order valence-electron chi connectivity index (χ0n) is 16.3. The topological polar surface area (TPSA) is 0 Å². The molecule has 0 aliphatic heterocycles. The Kier molecular flexibility index (Phi) is 14.2. The quantitative estimate of drug-likeness (QED) is 0.333. The molecule has 0 radical (unpaired) electrons. The van der Waals surface area contributed by atoms with Gasteiger partial charge < -0.3 is 16.9 Å². The van der Waals surface area contributed by atoms with Crippen LogP contribution in [0.5, 0.6) is 0 Å². The largest absolute Gasteiger partial charge is 1.00 e. The highest BCUT2D eigenvalue weighted by Crippen LogP contribution is 2.24. The van der Waals surface area contributed by atoms with Gasteiger partial charge in [0.05, 0.1) is 25.7 Å². The van der Waals surface area contributed by atoms with Crippen molar-refractivity contribution in [1.82, 2.24) is 0 Å². The molecular weight excluding hydrogens is 373 g/mol. The average Bonchev–Trinajstić information content (AvgIpc) is 2.52. The smallest absolute Gasteiger partial charge is 0.105 e. The van der Waals surface area contributed by atoms with Crippen molar-refractivity contribution in [2.24, 2.45) is 0 Å². The van der Waals surface area contributed by atoms with Crippen LogP contribution in [-0.4, -0.2) is 25.1 Å². The zero-order valence-corrected chi connectivity index (χ0v) is 18.6. The Balaban J connectivity index is 0.00000576. The van der Waals surface area contributed by atoms with E-state index in [2.05, 4.69) is 27.1 Å². The number of quaternary nitrogens is 1. The summed E-state index contributed by atoms with van der Waals surface area (Å²) in [4.78, 5) is 0. The normalized spacial score (nSPS) is 11.4. The summed E-state index contributed by atoms with van der Waals surface area (Å²) in [5, 5.41) is 1.50. The van der Waals surface area contributed by atoms with Crippen LogP contribution < -0.4 is 12.4 Å². The summed E-state index contributed by atoms with van der Waals surface area (Å²) in [5.41, 5.74) is 1.19. The minimum absolute atomic E-state index is 0. The van der Waals surface area contributed by atoms with Crippen molar-refractivity contribution in [3.05, 3.63) is 33.8 Å². The van der Waals surface area contributed by atoms with Crippen molar-refractivity contribution in [2.75, 3.05) is 20.6 Å². The highest BCUT2D eigenvalue weighted by Gasteiger charge is 2.17. The fraction of sp³-hybridized carbons (Fsp3) is 0.714. The minimum atomic E-state index is 0. The van der Waals surface area contributed by atoms with Crippen LogP contribution in [0.2, 0.25) is 10.0 Å². The monoisotopic (exact) mass is 407 g/mol. The van der Waals surface area contributed by atoms with Crippen LogP contribution in [0.1, 0.15) is 76.7 Å². The van der Waals surface area contributed by atoms with E-state index in [0.29, 0.717) is 5.02 Å². The number of nitrogens with zero attached hydrogens (tertiary/aromatic N) is 1. The second kappa shape index (κ2) is 14.2. The van der Waals surface area contributed by atoms with Gasteiger partial charge >= 0.3 is 0 Å². The van der Waals surface area contributed by atoms with E-state index in [1.165, 1.54) is 76.3 Å². The first kappa shape index (κ1) is 25.1. The standard InChI is InChI=1S/C21H36Cl2N.ClH/c1-4-5-6-7-8-9-10-11-12-13-16-24(2,3)18-19-14-15-20(22)17-21(19)23;/h14-15,17H,4-13,16,18H2,1-3H3;1H/q+1;/p-1. The third kappa shape index (κ3) is 12.1. The van der Waals surface area contributed by atoms with Gasteiger partial charge in [0.15, 0.2) is 0 Å². The maximum Gasteiger partial charge on any atom is 0.105 e. The number of unbranched alkanes of at least 4 members (excludes halogenated alkanes) is 9. The molecule has 1 aromatic rings. The Labute approximate surface area is 172 Å². The number of benzene rings is 1. The molecule has 146 valence electrons. The average molecular weight is 409 g/mol. The summed E-state index contributed by atoms with van der Waals surface area (Å²) in [6, 6.07) is 5.84. The van der Waals surface area contributed by atoms with Crippen LogP contribution in [-0.2, 0) is 6.54 Å². The molecule has 0 saturated carbocycles. The van der Waals surface area contributed by atoms with Crippen molar-refractivity contribution in [2.45, 2.75) is 77.7 Å². The maximum absolute atomic E-state index is 6.31. The Morgan fingerprint density at radius 3 is 1.84 bits per heavy atom. The lowest BCUT2D eigenvalue weighted by Gasteiger charge is -2.30. The highest BCUT2D eigenvalue weighted by atomic mass is 35.5. The molecule has 25 heavy (non-hydrogen) atoms. The Hall–Kier alpha value is 0.0500. The predicted molar refractivity (Wildman–Crippen MR) is 109 cm³/mol. The molecule has 1 nitrogen and oxygen atoms in total. The van der Waals surface area contributed by atoms with Crippen molar-refractivity contribution < 1.29 is 16.9 Å². The van der Waals surface area contributed by atoms with Crippen LogP contribution >= 0.6 is 23.2 Å². The molecule has 0 aliphatic rings. The third-order valence-electron chi connectivity index (χ3n) is 4.73. The van der Waals surface area contributed by atoms with E-state index < -0.39 is 0 Å². The molecule has 0 unspecified atom stereocenters. The van der Waals surface area contributed by atoms with Gasteiger partial charge in [-0.2, -0.15) is 0 Å². The lowest BCUT2D eigenvalue weighted by molar-refractivity contribution is -0.903. The van der Waals surface area contributed by atoms with Crippen molar-refractivity contribution >= 4 is 23.2 Å². The molecule has 0 saturated heterocycles. The molecule has 0 bridgehead atoms. The van der Waals surface area contributed by atoms with Gasteiger partial charge in [0.1, 0.15) is 6.54 Å². The summed E-state index contributed by atoms with van der Waals surface area (Å²) < 4.78 is 0.984. The zero-order chi connectivity index (χ0) is 17.8. The second-order valence-electron chi connectivity index (χ2n) is 7.74. The summed E-state index contributed by atoms with van der Waals surface area (Å²) in [5.74, 6) is 0. The van der Waals surface area contributed by atoms with Crippen LogP contribution in [0.3, 0.4) is 0 Å². The molecular formula is C21H36Cl3N. The summed E-state index contributed by atoms with van der Waals surface area (Å²) >= 11 is 12.3. The van der Waals surface area contributed by atoms with Gasteiger partial charge in [0.25, 0.3) is 0 Å². The van der Waals surface area contributed by atoms with Crippen molar-refractivity contribution in [1.29, 1.82) is 0 Å². The number of halogens is 3. The first-order valence-corrected chi connectivity index (χ1v) is 10.5. The van der Waals surface area contributed by atoms with E-state index in [9.17, 15) is 0 Å². The van der Waals surface area contributed by atoms with Gasteiger partial charge in [-0.1, -0.05) is 87.6 Å². The van der Waals surface area contributed by atoms with E-state index in [-0.39, 0.29) is 12.4 Å². The number of hydrogen-bond donors (Lipinski definition) is 0. The van der Waals surface area contributed by atoms with E-state index in [4.69, 9.17) is 23.2 Å². The minimum Gasteiger partial charge on any atom is -1.00 e. The molecule has 1 rings (SSSR count). The Morgan fingerprint density at radius 1 is 0.800 bits per heavy atom. The van der Waals surface area contributed by atoms with Gasteiger partial charge in [-0.25, -0.2) is 0 Å². The second-order valence-corrected chi connectivity index (χ2v) is 8.58. The number of hydrogen-bond acceptors (Lipinski definition) is 0. The summed E-state index contributed by atoms with van der Waals surface area (Å²) in [6.07, 6.45) is 13.9. The fourth-order valence-electron chi connectivity index (χ4n) is 3.22. The molecule has 0 N–H and O–H groups in total. The summed E-state index contributed by atoms with van der Waals surface area (Å²) in [7, 11) is 4.58. The van der Waals surface area contributed by atoms with Crippen molar-refractivity contribution in [3.8, 4) is 0 Å². The van der Waals surface area contributed by atoms with E-state index >= 15 is 0 Å². The SMILES string of the molecule is CCCCCCCCCCCC[N+](C)(C)Cc1ccc(Cl)cc1Cl.[Cl-]. The maximum atomic E-state index is 6.31. The van der Waals surface area contributed by atoms with Gasteiger partial charge in [-0.05, 0) is 25.0 Å². The van der Waals surface area contributed by atoms with E-state index in [1.54, 1.807) is 0 Å². The molecule has 0 fully saturated rings. The fourth-order valence-corrected chi connectivity index (χ4v) is 3.69. The van der Waals surface area contributed by atoms with Gasteiger partial charge in [-0.3, -0.25) is 0 Å². The molecule has 4 heteroatoms. The molecule has 0 aromatic heterocycles. The van der Waals surface area contributed by atoms with Gasteiger partial charge in [0.2, 0.25) is 0 Å². The third-order valence-corrected chi connectivity index (χ3v) is 5.32. The molecule has 0 heterocycles. The Bertz CT molecular complexity index is 460. The van der Waals surface area contributed by atoms with Gasteiger partial charge in [0, 0.05) is 10.6 Å². The first-order valence-electron chi connectivity index (χ1n) is 9.70. The molecule has 0 amide bonds. The van der Waals surface area contributed by atoms with Crippen LogP contribution in [0.15, 0.2) is 18.2 Å². The van der Waals surface area contributed by atoms with Crippen LogP contribution in [0, 0.1) is 0 Å². The Morgan fingerprint density at radius 2 is 1.32 bits per heavy atom.